The zero-order valence-corrected chi connectivity index (χ0v) is 22.9. The summed E-state index contributed by atoms with van der Waals surface area (Å²) in [6.45, 7) is 4.25. The first-order valence-electron chi connectivity index (χ1n) is 12.5. The van der Waals surface area contributed by atoms with Crippen LogP contribution in [0.1, 0.15) is 31.4 Å². The molecule has 14 heteroatoms. The van der Waals surface area contributed by atoms with Crippen LogP contribution in [0.2, 0.25) is 0 Å². The first-order chi connectivity index (χ1) is 19.4. The second kappa shape index (κ2) is 10.3. The molecule has 0 radical (unpaired) electrons. The summed E-state index contributed by atoms with van der Waals surface area (Å²) in [6.07, 6.45) is -4.54. The van der Waals surface area contributed by atoms with Crippen LogP contribution < -0.4 is 15.4 Å². The summed E-state index contributed by atoms with van der Waals surface area (Å²) in [5.41, 5.74) is 2.57. The Labute approximate surface area is 234 Å². The summed E-state index contributed by atoms with van der Waals surface area (Å²) in [5.74, 6) is -2.27. The highest BCUT2D eigenvalue weighted by Gasteiger charge is 2.39. The number of likely N-dealkylation sites (tertiary alicyclic amines) is 1. The van der Waals surface area contributed by atoms with Gasteiger partial charge in [-0.15, -0.1) is 11.3 Å². The number of halogens is 5. The number of hydrogen-bond donors (Lipinski definition) is 1. The summed E-state index contributed by atoms with van der Waals surface area (Å²) in [7, 11) is 1.24. The highest BCUT2D eigenvalue weighted by Crippen LogP contribution is 2.48. The van der Waals surface area contributed by atoms with Gasteiger partial charge in [-0.2, -0.15) is 28.4 Å². The predicted octanol–water partition coefficient (Wildman–Crippen LogP) is 5.72. The fraction of sp³-hybridized carbons (Fsp3) is 0.333. The van der Waals surface area contributed by atoms with Crippen molar-refractivity contribution in [1.82, 2.24) is 14.9 Å². The number of hydrogen-bond acceptors (Lipinski definition) is 8. The van der Waals surface area contributed by atoms with Crippen LogP contribution in [0.25, 0.3) is 32.1 Å². The van der Waals surface area contributed by atoms with Gasteiger partial charge in [0.15, 0.2) is 5.82 Å². The molecule has 2 aromatic heterocycles. The topological polar surface area (TPSA) is 108 Å². The van der Waals surface area contributed by atoms with Crippen molar-refractivity contribution >= 4 is 49.1 Å². The van der Waals surface area contributed by atoms with Gasteiger partial charge in [-0.25, -0.2) is 8.78 Å². The van der Waals surface area contributed by atoms with E-state index in [9.17, 15) is 27.6 Å². The van der Waals surface area contributed by atoms with Gasteiger partial charge in [-0.05, 0) is 31.0 Å². The standard InChI is InChI=1S/C27H23F5N6O2S/c1-4-38(13-7-8-37(11-13)12(2)39)25-15-9-17(27(30,31)32)20(21(29)22(15)35-26(36-25)40-3)14-5-6-18(28)23-19(14)16(10-33)24(34)41-23/h5-6,9,13H,4,7-8,11,34H2,1-3H3. The SMILES string of the molecule is CCN(c1nc(OC)nc2c(F)c(-c3ccc(F)c4sc(N)c(C#N)c34)c(C(F)(F)F)cc12)C1CCN(C(C)=O)C1. The Morgan fingerprint density at radius 3 is 2.63 bits per heavy atom. The minimum absolute atomic E-state index is 0.0162. The number of methoxy groups -OCH3 is 1. The Balaban J connectivity index is 1.85. The van der Waals surface area contributed by atoms with Gasteiger partial charge in [-0.1, -0.05) is 6.07 Å². The molecule has 5 rings (SSSR count). The van der Waals surface area contributed by atoms with Crippen molar-refractivity contribution in [3.05, 3.63) is 41.0 Å². The zero-order chi connectivity index (χ0) is 29.8. The summed E-state index contributed by atoms with van der Waals surface area (Å²) in [6, 6.07) is 3.89. The molecule has 1 amide bonds. The van der Waals surface area contributed by atoms with E-state index < -0.39 is 34.5 Å². The van der Waals surface area contributed by atoms with Crippen LogP contribution in [-0.2, 0) is 11.0 Å². The molecule has 0 saturated carbocycles. The second-order valence-corrected chi connectivity index (χ2v) is 10.5. The Kier molecular flexibility index (Phi) is 7.10. The molecule has 2 N–H and O–H groups in total. The Morgan fingerprint density at radius 2 is 2.05 bits per heavy atom. The van der Waals surface area contributed by atoms with Gasteiger partial charge in [0.2, 0.25) is 5.91 Å². The van der Waals surface area contributed by atoms with E-state index in [0.29, 0.717) is 30.8 Å². The van der Waals surface area contributed by atoms with Crippen LogP contribution in [0.3, 0.4) is 0 Å². The van der Waals surface area contributed by atoms with Crippen LogP contribution in [0.4, 0.5) is 32.8 Å². The molecule has 4 aromatic rings. The number of nitriles is 1. The summed E-state index contributed by atoms with van der Waals surface area (Å²) >= 11 is 0.690. The quantitative estimate of drug-likeness (QED) is 0.296. The Hall–Kier alpha value is -4.25. The van der Waals surface area contributed by atoms with Crippen molar-refractivity contribution < 1.29 is 31.5 Å². The van der Waals surface area contributed by atoms with E-state index in [1.54, 1.807) is 22.8 Å². The van der Waals surface area contributed by atoms with Gasteiger partial charge >= 0.3 is 12.2 Å². The van der Waals surface area contributed by atoms with Crippen molar-refractivity contribution in [2.45, 2.75) is 32.5 Å². The lowest BCUT2D eigenvalue weighted by Gasteiger charge is -2.30. The van der Waals surface area contributed by atoms with E-state index >= 15 is 4.39 Å². The van der Waals surface area contributed by atoms with Crippen molar-refractivity contribution in [3.8, 4) is 23.2 Å². The number of nitrogens with two attached hydrogens (primary N) is 1. The third-order valence-electron chi connectivity index (χ3n) is 7.24. The minimum Gasteiger partial charge on any atom is -0.467 e. The molecular formula is C27H23F5N6O2S. The van der Waals surface area contributed by atoms with Crippen LogP contribution >= 0.6 is 11.3 Å². The molecular weight excluding hydrogens is 567 g/mol. The number of aromatic nitrogens is 2. The van der Waals surface area contributed by atoms with E-state index in [1.165, 1.54) is 14.0 Å². The summed E-state index contributed by atoms with van der Waals surface area (Å²) in [5, 5.41) is 9.12. The van der Waals surface area contributed by atoms with Crippen LogP contribution in [-0.4, -0.2) is 53.6 Å². The molecule has 1 aliphatic heterocycles. The van der Waals surface area contributed by atoms with Crippen LogP contribution in [0, 0.1) is 23.0 Å². The van der Waals surface area contributed by atoms with Crippen molar-refractivity contribution in [3.63, 3.8) is 0 Å². The number of nitrogens with zero attached hydrogens (tertiary/aromatic N) is 5. The number of benzene rings is 2. The molecule has 1 atom stereocenters. The average Bonchev–Trinajstić information content (AvgIpc) is 3.54. The highest BCUT2D eigenvalue weighted by molar-refractivity contribution is 7.23. The number of carbonyl (C=O) groups excluding carboxylic acids is 1. The average molecular weight is 591 g/mol. The van der Waals surface area contributed by atoms with E-state index in [0.717, 1.165) is 18.2 Å². The molecule has 0 bridgehead atoms. The number of carbonyl (C=O) groups is 1. The molecule has 0 spiro atoms. The lowest BCUT2D eigenvalue weighted by molar-refractivity contribution is -0.137. The van der Waals surface area contributed by atoms with Gasteiger partial charge in [0.05, 0.1) is 22.9 Å². The normalized spacial score (nSPS) is 15.5. The molecule has 3 heterocycles. The fourth-order valence-electron chi connectivity index (χ4n) is 5.36. The first kappa shape index (κ1) is 28.3. The number of likely N-dealkylation sites (N-methyl/N-ethyl adjacent to an activating group) is 1. The van der Waals surface area contributed by atoms with E-state index in [1.807, 2.05) is 0 Å². The molecule has 2 aromatic carbocycles. The molecule has 41 heavy (non-hydrogen) atoms. The van der Waals surface area contributed by atoms with Gasteiger partial charge in [0.25, 0.3) is 0 Å². The van der Waals surface area contributed by atoms with Gasteiger partial charge in [-0.3, -0.25) is 4.79 Å². The van der Waals surface area contributed by atoms with Crippen molar-refractivity contribution in [1.29, 1.82) is 5.26 Å². The second-order valence-electron chi connectivity index (χ2n) is 9.49. The summed E-state index contributed by atoms with van der Waals surface area (Å²) < 4.78 is 80.2. The summed E-state index contributed by atoms with van der Waals surface area (Å²) in [4.78, 5) is 23.6. The fourth-order valence-corrected chi connectivity index (χ4v) is 6.31. The first-order valence-corrected chi connectivity index (χ1v) is 13.3. The smallest absolute Gasteiger partial charge is 0.417 e. The maximum absolute atomic E-state index is 16.5. The minimum atomic E-state index is -5.06. The number of rotatable bonds is 5. The molecule has 1 fully saturated rings. The number of fused-ring (bicyclic) bond motifs is 2. The maximum atomic E-state index is 16.5. The molecule has 1 saturated heterocycles. The third-order valence-corrected chi connectivity index (χ3v) is 8.27. The zero-order valence-electron chi connectivity index (χ0n) is 22.1. The van der Waals surface area contributed by atoms with E-state index in [-0.39, 0.29) is 61.9 Å². The van der Waals surface area contributed by atoms with Crippen LogP contribution in [0.15, 0.2) is 18.2 Å². The molecule has 1 unspecified atom stereocenters. The largest absolute Gasteiger partial charge is 0.467 e. The van der Waals surface area contributed by atoms with Crippen molar-refractivity contribution in [2.75, 3.05) is 37.4 Å². The molecule has 214 valence electrons. The lowest BCUT2D eigenvalue weighted by Crippen LogP contribution is -2.39. The number of alkyl halides is 3. The van der Waals surface area contributed by atoms with E-state index in [2.05, 4.69) is 9.97 Å². The molecule has 0 aliphatic carbocycles. The third kappa shape index (κ3) is 4.63. The van der Waals surface area contributed by atoms with Crippen LogP contribution in [0.5, 0.6) is 6.01 Å². The predicted molar refractivity (Wildman–Crippen MR) is 145 cm³/mol. The van der Waals surface area contributed by atoms with Crippen molar-refractivity contribution in [2.24, 2.45) is 0 Å². The monoisotopic (exact) mass is 590 g/mol. The molecule has 8 nitrogen and oxygen atoms in total. The van der Waals surface area contributed by atoms with Gasteiger partial charge in [0.1, 0.15) is 28.2 Å². The highest BCUT2D eigenvalue weighted by atomic mass is 32.1. The Bertz CT molecular complexity index is 1750. The number of thiophene rings is 1. The molecule has 1 aliphatic rings. The lowest BCUT2D eigenvalue weighted by atomic mass is 9.92. The van der Waals surface area contributed by atoms with Gasteiger partial charge < -0.3 is 20.3 Å². The number of anilines is 2. The number of nitrogen functional groups attached to an aromatic ring is 1. The van der Waals surface area contributed by atoms with Gasteiger partial charge in [0, 0.05) is 48.9 Å². The maximum Gasteiger partial charge on any atom is 0.417 e. The van der Waals surface area contributed by atoms with E-state index in [4.69, 9.17) is 10.5 Å². The number of ether oxygens (including phenoxy) is 1. The Morgan fingerprint density at radius 1 is 1.32 bits per heavy atom. The number of amides is 1.